The minimum absolute atomic E-state index is 0. The topological polar surface area (TPSA) is 69.1 Å². The second-order valence-electron chi connectivity index (χ2n) is 5.51. The van der Waals surface area contributed by atoms with Crippen molar-refractivity contribution < 1.29 is 18.6 Å². The van der Waals surface area contributed by atoms with Gasteiger partial charge in [-0.1, -0.05) is 19.1 Å². The Kier molecular flexibility index (Phi) is 13.3. The van der Waals surface area contributed by atoms with Crippen molar-refractivity contribution in [1.82, 2.24) is 15.5 Å². The van der Waals surface area contributed by atoms with E-state index in [-0.39, 0.29) is 36.3 Å². The van der Waals surface area contributed by atoms with Gasteiger partial charge in [-0.05, 0) is 38.2 Å². The number of rotatable bonds is 10. The van der Waals surface area contributed by atoms with E-state index in [2.05, 4.69) is 32.2 Å². The van der Waals surface area contributed by atoms with Crippen LogP contribution in [0.15, 0.2) is 29.3 Å². The van der Waals surface area contributed by atoms with Crippen LogP contribution in [0.3, 0.4) is 0 Å². The summed E-state index contributed by atoms with van der Waals surface area (Å²) in [6.45, 7) is 4.67. The van der Waals surface area contributed by atoms with Gasteiger partial charge in [0.2, 0.25) is 0 Å². The lowest BCUT2D eigenvalue weighted by Crippen LogP contribution is -2.41. The first-order chi connectivity index (χ1) is 12.0. The molecule has 0 amide bonds. The molecular weight excluding hydrogens is 457 g/mol. The SMILES string of the molecule is CCNC(=NCC(O)c1ccc(OC(F)F)cc1)NCCN(C)CC.I. The van der Waals surface area contributed by atoms with Crippen molar-refractivity contribution in [1.29, 1.82) is 0 Å². The molecule has 150 valence electrons. The summed E-state index contributed by atoms with van der Waals surface area (Å²) >= 11 is 0. The van der Waals surface area contributed by atoms with Gasteiger partial charge in [-0.3, -0.25) is 4.99 Å². The third kappa shape index (κ3) is 10.1. The summed E-state index contributed by atoms with van der Waals surface area (Å²) in [5, 5.41) is 16.5. The Morgan fingerprint density at radius 3 is 2.42 bits per heavy atom. The van der Waals surface area contributed by atoms with Crippen LogP contribution in [0.25, 0.3) is 0 Å². The van der Waals surface area contributed by atoms with Crippen molar-refractivity contribution in [2.24, 2.45) is 4.99 Å². The number of nitrogens with zero attached hydrogens (tertiary/aromatic N) is 2. The van der Waals surface area contributed by atoms with E-state index in [0.717, 1.165) is 19.6 Å². The molecule has 0 spiro atoms. The maximum Gasteiger partial charge on any atom is 0.387 e. The van der Waals surface area contributed by atoms with Gasteiger partial charge in [0.25, 0.3) is 0 Å². The molecule has 0 saturated heterocycles. The minimum Gasteiger partial charge on any atom is -0.435 e. The monoisotopic (exact) mass is 486 g/mol. The molecule has 0 aliphatic rings. The predicted molar refractivity (Wildman–Crippen MR) is 111 cm³/mol. The second-order valence-corrected chi connectivity index (χ2v) is 5.51. The Morgan fingerprint density at radius 1 is 1.23 bits per heavy atom. The van der Waals surface area contributed by atoms with E-state index in [1.807, 2.05) is 14.0 Å². The number of aliphatic hydroxyl groups excluding tert-OH is 1. The number of halogens is 3. The van der Waals surface area contributed by atoms with Gasteiger partial charge >= 0.3 is 6.61 Å². The average molecular weight is 486 g/mol. The van der Waals surface area contributed by atoms with Crippen molar-refractivity contribution in [3.05, 3.63) is 29.8 Å². The zero-order valence-electron chi connectivity index (χ0n) is 15.4. The van der Waals surface area contributed by atoms with E-state index in [1.54, 1.807) is 12.1 Å². The van der Waals surface area contributed by atoms with Crippen LogP contribution in [0.2, 0.25) is 0 Å². The lowest BCUT2D eigenvalue weighted by molar-refractivity contribution is -0.0498. The first-order valence-electron chi connectivity index (χ1n) is 8.39. The van der Waals surface area contributed by atoms with Gasteiger partial charge in [-0.2, -0.15) is 8.78 Å². The van der Waals surface area contributed by atoms with Crippen LogP contribution in [-0.4, -0.2) is 62.3 Å². The maximum atomic E-state index is 12.1. The molecule has 1 aromatic rings. The normalized spacial score (nSPS) is 12.7. The Labute approximate surface area is 171 Å². The average Bonchev–Trinajstić information content (AvgIpc) is 2.59. The molecule has 0 aliphatic heterocycles. The molecule has 3 N–H and O–H groups in total. The Balaban J connectivity index is 0.00000625. The van der Waals surface area contributed by atoms with Gasteiger partial charge in [0.05, 0.1) is 12.6 Å². The third-order valence-corrected chi connectivity index (χ3v) is 3.58. The summed E-state index contributed by atoms with van der Waals surface area (Å²) in [5.74, 6) is 0.688. The van der Waals surface area contributed by atoms with Gasteiger partial charge in [0.1, 0.15) is 5.75 Å². The summed E-state index contributed by atoms with van der Waals surface area (Å²) in [6.07, 6.45) is -0.825. The van der Waals surface area contributed by atoms with E-state index >= 15 is 0 Å². The number of nitrogens with one attached hydrogen (secondary N) is 2. The van der Waals surface area contributed by atoms with Crippen molar-refractivity contribution in [2.75, 3.05) is 39.8 Å². The third-order valence-electron chi connectivity index (χ3n) is 3.58. The quantitative estimate of drug-likeness (QED) is 0.270. The number of guanidine groups is 1. The molecule has 6 nitrogen and oxygen atoms in total. The number of hydrogen-bond acceptors (Lipinski definition) is 4. The van der Waals surface area contributed by atoms with Crippen LogP contribution in [0.4, 0.5) is 8.78 Å². The molecule has 9 heteroatoms. The zero-order valence-corrected chi connectivity index (χ0v) is 17.7. The molecule has 0 fully saturated rings. The number of aliphatic hydroxyl groups is 1. The molecular formula is C17H29F2IN4O2. The number of alkyl halides is 2. The van der Waals surface area contributed by atoms with Crippen LogP contribution in [0.5, 0.6) is 5.75 Å². The highest BCUT2D eigenvalue weighted by Crippen LogP contribution is 2.19. The second kappa shape index (κ2) is 13.9. The molecule has 0 aromatic heterocycles. The fourth-order valence-corrected chi connectivity index (χ4v) is 2.02. The Hall–Kier alpha value is -1.20. The van der Waals surface area contributed by atoms with E-state index in [0.29, 0.717) is 18.1 Å². The highest BCUT2D eigenvalue weighted by Gasteiger charge is 2.09. The van der Waals surface area contributed by atoms with Crippen LogP contribution < -0.4 is 15.4 Å². The highest BCUT2D eigenvalue weighted by molar-refractivity contribution is 14.0. The number of benzene rings is 1. The standard InChI is InChI=1S/C17H28F2N4O2.HI/c1-4-20-17(21-10-11-23(3)5-2)22-12-15(24)13-6-8-14(9-7-13)25-16(18)19;/h6-9,15-16,24H,4-5,10-12H2,1-3H3,(H2,20,21,22);1H. The minimum atomic E-state index is -2.86. The molecule has 0 heterocycles. The lowest BCUT2D eigenvalue weighted by atomic mass is 10.1. The van der Waals surface area contributed by atoms with Crippen molar-refractivity contribution in [3.8, 4) is 5.75 Å². The first-order valence-corrected chi connectivity index (χ1v) is 8.39. The van der Waals surface area contributed by atoms with Crippen molar-refractivity contribution in [3.63, 3.8) is 0 Å². The molecule has 1 unspecified atom stereocenters. The zero-order chi connectivity index (χ0) is 18.7. The molecule has 0 aliphatic carbocycles. The van der Waals surface area contributed by atoms with Gasteiger partial charge in [-0.15, -0.1) is 24.0 Å². The maximum absolute atomic E-state index is 12.1. The van der Waals surface area contributed by atoms with Gasteiger partial charge in [0, 0.05) is 19.6 Å². The highest BCUT2D eigenvalue weighted by atomic mass is 127. The fourth-order valence-electron chi connectivity index (χ4n) is 2.02. The van der Waals surface area contributed by atoms with Gasteiger partial charge < -0.3 is 25.4 Å². The van der Waals surface area contributed by atoms with E-state index < -0.39 is 12.7 Å². The molecule has 26 heavy (non-hydrogen) atoms. The Bertz CT molecular complexity index is 518. The Morgan fingerprint density at radius 2 is 1.88 bits per heavy atom. The van der Waals surface area contributed by atoms with Crippen LogP contribution in [0, 0.1) is 0 Å². The molecule has 0 radical (unpaired) electrons. The van der Waals surface area contributed by atoms with E-state index in [9.17, 15) is 13.9 Å². The van der Waals surface area contributed by atoms with Gasteiger partial charge in [-0.25, -0.2) is 0 Å². The summed E-state index contributed by atoms with van der Waals surface area (Å²) in [6, 6.07) is 5.90. The molecule has 0 saturated carbocycles. The predicted octanol–water partition coefficient (Wildman–Crippen LogP) is 2.45. The first kappa shape index (κ1) is 24.8. The van der Waals surface area contributed by atoms with Crippen molar-refractivity contribution >= 4 is 29.9 Å². The number of likely N-dealkylation sites (N-methyl/N-ethyl adjacent to an activating group) is 1. The van der Waals surface area contributed by atoms with Crippen LogP contribution in [0.1, 0.15) is 25.5 Å². The van der Waals surface area contributed by atoms with Gasteiger partial charge in [0.15, 0.2) is 5.96 Å². The number of ether oxygens (including phenoxy) is 1. The fraction of sp³-hybridized carbons (Fsp3) is 0.588. The smallest absolute Gasteiger partial charge is 0.387 e. The number of hydrogen-bond donors (Lipinski definition) is 3. The molecule has 1 aromatic carbocycles. The molecule has 0 bridgehead atoms. The van der Waals surface area contributed by atoms with Crippen molar-refractivity contribution in [2.45, 2.75) is 26.6 Å². The number of aliphatic imine (C=N–C) groups is 1. The van der Waals surface area contributed by atoms with Crippen LogP contribution in [-0.2, 0) is 0 Å². The summed E-state index contributed by atoms with van der Waals surface area (Å²) < 4.78 is 28.5. The van der Waals surface area contributed by atoms with E-state index in [1.165, 1.54) is 12.1 Å². The summed E-state index contributed by atoms with van der Waals surface area (Å²) in [7, 11) is 2.04. The largest absolute Gasteiger partial charge is 0.435 e. The van der Waals surface area contributed by atoms with Crippen LogP contribution >= 0.6 is 24.0 Å². The lowest BCUT2D eigenvalue weighted by Gasteiger charge is -2.17. The van der Waals surface area contributed by atoms with E-state index in [4.69, 9.17) is 0 Å². The molecule has 1 rings (SSSR count). The summed E-state index contributed by atoms with van der Waals surface area (Å²) in [5.41, 5.74) is 0.590. The summed E-state index contributed by atoms with van der Waals surface area (Å²) in [4.78, 5) is 6.53. The molecule has 1 atom stereocenters.